The minimum atomic E-state index is -1.05. The van der Waals surface area contributed by atoms with Crippen LogP contribution < -0.4 is 5.32 Å². The van der Waals surface area contributed by atoms with Crippen LogP contribution in [0.25, 0.3) is 0 Å². The lowest BCUT2D eigenvalue weighted by Gasteiger charge is -2.15. The summed E-state index contributed by atoms with van der Waals surface area (Å²) < 4.78 is 5.00. The Labute approximate surface area is 152 Å². The number of amides is 3. The van der Waals surface area contributed by atoms with Gasteiger partial charge in [-0.2, -0.15) is 0 Å². The predicted octanol–water partition coefficient (Wildman–Crippen LogP) is 1.87. The molecule has 140 valence electrons. The van der Waals surface area contributed by atoms with E-state index in [0.717, 1.165) is 22.4 Å². The van der Waals surface area contributed by atoms with Gasteiger partial charge in [-0.1, -0.05) is 26.0 Å². The molecule has 1 aromatic carbocycles. The SMILES string of the molecule is CCc1ccc(CC)c(C(=O)COC(=O)CN2C(=O)NC(C)(C)C2=O)c1. The van der Waals surface area contributed by atoms with E-state index in [1.807, 2.05) is 32.0 Å². The maximum absolute atomic E-state index is 12.4. The second kappa shape index (κ2) is 7.68. The first-order valence-corrected chi connectivity index (χ1v) is 8.64. The number of carbonyl (C=O) groups is 4. The average Bonchev–Trinajstić information content (AvgIpc) is 2.80. The molecule has 1 N–H and O–H groups in total. The molecule has 0 aliphatic carbocycles. The number of Topliss-reactive ketones (excluding diaryl/α,β-unsaturated/α-hetero) is 1. The van der Waals surface area contributed by atoms with Gasteiger partial charge in [-0.15, -0.1) is 0 Å². The molecule has 0 saturated carbocycles. The van der Waals surface area contributed by atoms with Crippen molar-refractivity contribution in [1.82, 2.24) is 10.2 Å². The summed E-state index contributed by atoms with van der Waals surface area (Å²) >= 11 is 0. The fraction of sp³-hybridized carbons (Fsp3) is 0.474. The molecular formula is C19H24N2O5. The van der Waals surface area contributed by atoms with Crippen LogP contribution in [0.3, 0.4) is 0 Å². The molecule has 26 heavy (non-hydrogen) atoms. The fourth-order valence-electron chi connectivity index (χ4n) is 2.77. The molecule has 2 rings (SSSR count). The summed E-state index contributed by atoms with van der Waals surface area (Å²) in [5, 5.41) is 2.48. The molecule has 1 aliphatic rings. The Balaban J connectivity index is 1.99. The lowest BCUT2D eigenvalue weighted by Crippen LogP contribution is -2.41. The molecule has 1 aliphatic heterocycles. The van der Waals surface area contributed by atoms with Crippen LogP contribution in [0.5, 0.6) is 0 Å². The molecule has 1 aromatic rings. The minimum Gasteiger partial charge on any atom is -0.456 e. The lowest BCUT2D eigenvalue weighted by atomic mass is 9.98. The summed E-state index contributed by atoms with van der Waals surface area (Å²) in [6.07, 6.45) is 1.49. The molecule has 0 bridgehead atoms. The molecule has 1 fully saturated rings. The van der Waals surface area contributed by atoms with E-state index in [1.165, 1.54) is 0 Å². The number of urea groups is 1. The van der Waals surface area contributed by atoms with Crippen molar-refractivity contribution in [3.05, 3.63) is 34.9 Å². The van der Waals surface area contributed by atoms with E-state index < -0.39 is 36.6 Å². The molecule has 3 amide bonds. The largest absolute Gasteiger partial charge is 0.456 e. The van der Waals surface area contributed by atoms with Crippen LogP contribution in [0.4, 0.5) is 4.79 Å². The Morgan fingerprint density at radius 1 is 1.15 bits per heavy atom. The van der Waals surface area contributed by atoms with Crippen LogP contribution in [0.2, 0.25) is 0 Å². The normalized spacial score (nSPS) is 15.8. The number of aryl methyl sites for hydroxylation is 2. The van der Waals surface area contributed by atoms with Gasteiger partial charge < -0.3 is 10.1 Å². The first-order chi connectivity index (χ1) is 12.2. The zero-order valence-electron chi connectivity index (χ0n) is 15.5. The number of ketones is 1. The monoisotopic (exact) mass is 360 g/mol. The number of carbonyl (C=O) groups excluding carboxylic acids is 4. The average molecular weight is 360 g/mol. The summed E-state index contributed by atoms with van der Waals surface area (Å²) in [4.78, 5) is 49.0. The predicted molar refractivity (Wildman–Crippen MR) is 94.8 cm³/mol. The molecule has 0 spiro atoms. The van der Waals surface area contributed by atoms with Gasteiger partial charge in [0.2, 0.25) is 5.78 Å². The number of ether oxygens (including phenoxy) is 1. The maximum Gasteiger partial charge on any atom is 0.326 e. The molecular weight excluding hydrogens is 336 g/mol. The number of imide groups is 1. The summed E-state index contributed by atoms with van der Waals surface area (Å²) in [6, 6.07) is 5.05. The summed E-state index contributed by atoms with van der Waals surface area (Å²) in [5.41, 5.74) is 1.40. The summed E-state index contributed by atoms with van der Waals surface area (Å²) in [5.74, 6) is -1.61. The van der Waals surface area contributed by atoms with E-state index in [9.17, 15) is 19.2 Å². The quantitative estimate of drug-likeness (QED) is 0.455. The van der Waals surface area contributed by atoms with Crippen molar-refractivity contribution in [2.75, 3.05) is 13.2 Å². The minimum absolute atomic E-state index is 0.303. The van der Waals surface area contributed by atoms with Gasteiger partial charge in [-0.3, -0.25) is 19.3 Å². The Kier molecular flexibility index (Phi) is 5.79. The first kappa shape index (κ1) is 19.6. The van der Waals surface area contributed by atoms with Gasteiger partial charge in [0.15, 0.2) is 6.61 Å². The Morgan fingerprint density at radius 3 is 2.38 bits per heavy atom. The smallest absolute Gasteiger partial charge is 0.326 e. The van der Waals surface area contributed by atoms with E-state index in [-0.39, 0.29) is 5.78 Å². The Bertz CT molecular complexity index is 754. The van der Waals surface area contributed by atoms with E-state index in [0.29, 0.717) is 12.0 Å². The maximum atomic E-state index is 12.4. The highest BCUT2D eigenvalue weighted by Gasteiger charge is 2.45. The number of nitrogens with zero attached hydrogens (tertiary/aromatic N) is 1. The number of hydrogen-bond acceptors (Lipinski definition) is 5. The lowest BCUT2D eigenvalue weighted by molar-refractivity contribution is -0.146. The van der Waals surface area contributed by atoms with Crippen LogP contribution in [-0.4, -0.2) is 47.3 Å². The third kappa shape index (κ3) is 4.09. The number of rotatable bonds is 7. The zero-order chi connectivity index (χ0) is 19.5. The van der Waals surface area contributed by atoms with E-state index in [2.05, 4.69) is 5.32 Å². The molecule has 0 unspecified atom stereocenters. The van der Waals surface area contributed by atoms with E-state index in [1.54, 1.807) is 13.8 Å². The van der Waals surface area contributed by atoms with Crippen molar-refractivity contribution in [1.29, 1.82) is 0 Å². The third-order valence-corrected chi connectivity index (χ3v) is 4.36. The highest BCUT2D eigenvalue weighted by molar-refractivity contribution is 6.08. The van der Waals surface area contributed by atoms with Gasteiger partial charge >= 0.3 is 12.0 Å². The van der Waals surface area contributed by atoms with Crippen LogP contribution in [0.15, 0.2) is 18.2 Å². The van der Waals surface area contributed by atoms with Crippen molar-refractivity contribution < 1.29 is 23.9 Å². The molecule has 7 nitrogen and oxygen atoms in total. The van der Waals surface area contributed by atoms with Crippen LogP contribution >= 0.6 is 0 Å². The van der Waals surface area contributed by atoms with Crippen molar-refractivity contribution in [3.63, 3.8) is 0 Å². The van der Waals surface area contributed by atoms with Crippen LogP contribution in [0.1, 0.15) is 49.2 Å². The van der Waals surface area contributed by atoms with Crippen LogP contribution in [-0.2, 0) is 27.2 Å². The molecule has 0 aromatic heterocycles. The summed E-state index contributed by atoms with van der Waals surface area (Å²) in [7, 11) is 0. The van der Waals surface area contributed by atoms with Crippen molar-refractivity contribution in [2.24, 2.45) is 0 Å². The molecule has 0 radical (unpaired) electrons. The van der Waals surface area contributed by atoms with Crippen molar-refractivity contribution in [3.8, 4) is 0 Å². The summed E-state index contributed by atoms with van der Waals surface area (Å²) in [6.45, 7) is 6.10. The standard InChI is InChI=1S/C19H24N2O5/c1-5-12-7-8-13(6-2)14(9-12)15(22)11-26-16(23)10-21-17(24)19(3,4)20-18(21)25/h7-9H,5-6,10-11H2,1-4H3,(H,20,25). The second-order valence-electron chi connectivity index (χ2n) is 6.73. The number of benzene rings is 1. The third-order valence-electron chi connectivity index (χ3n) is 4.36. The second-order valence-corrected chi connectivity index (χ2v) is 6.73. The Hall–Kier alpha value is -2.70. The van der Waals surface area contributed by atoms with Gasteiger partial charge in [-0.05, 0) is 43.9 Å². The molecule has 0 atom stereocenters. The molecule has 1 heterocycles. The van der Waals surface area contributed by atoms with Gasteiger partial charge in [0.25, 0.3) is 5.91 Å². The van der Waals surface area contributed by atoms with Gasteiger partial charge in [0.05, 0.1) is 0 Å². The highest BCUT2D eigenvalue weighted by atomic mass is 16.5. The number of nitrogens with one attached hydrogen (secondary N) is 1. The fourth-order valence-corrected chi connectivity index (χ4v) is 2.77. The van der Waals surface area contributed by atoms with Crippen LogP contribution in [0, 0.1) is 0 Å². The number of esters is 1. The Morgan fingerprint density at radius 2 is 1.85 bits per heavy atom. The zero-order valence-corrected chi connectivity index (χ0v) is 15.5. The van der Waals surface area contributed by atoms with Gasteiger partial charge in [0.1, 0.15) is 12.1 Å². The van der Waals surface area contributed by atoms with Gasteiger partial charge in [0, 0.05) is 5.56 Å². The highest BCUT2D eigenvalue weighted by Crippen LogP contribution is 2.17. The topological polar surface area (TPSA) is 92.8 Å². The van der Waals surface area contributed by atoms with Gasteiger partial charge in [-0.25, -0.2) is 4.79 Å². The van der Waals surface area contributed by atoms with Crippen molar-refractivity contribution in [2.45, 2.75) is 46.1 Å². The van der Waals surface area contributed by atoms with Crippen molar-refractivity contribution >= 4 is 23.7 Å². The molecule has 1 saturated heterocycles. The number of hydrogen-bond donors (Lipinski definition) is 1. The molecule has 7 heteroatoms. The first-order valence-electron chi connectivity index (χ1n) is 8.64. The van der Waals surface area contributed by atoms with E-state index >= 15 is 0 Å². The van der Waals surface area contributed by atoms with E-state index in [4.69, 9.17) is 4.74 Å².